The van der Waals surface area contributed by atoms with E-state index in [9.17, 15) is 0 Å². The fourth-order valence-electron chi connectivity index (χ4n) is 1.79. The molecule has 1 heterocycles. The minimum absolute atomic E-state index is 0.445. The van der Waals surface area contributed by atoms with Crippen molar-refractivity contribution in [3.63, 3.8) is 0 Å². The molecule has 0 aliphatic rings. The summed E-state index contributed by atoms with van der Waals surface area (Å²) < 4.78 is 0. The summed E-state index contributed by atoms with van der Waals surface area (Å²) >= 11 is 0. The van der Waals surface area contributed by atoms with Crippen LogP contribution in [0.1, 0.15) is 5.69 Å². The fraction of sp³-hybridized carbons (Fsp3) is 0.286. The van der Waals surface area contributed by atoms with Crippen LogP contribution in [-0.4, -0.2) is 37.1 Å². The van der Waals surface area contributed by atoms with Crippen LogP contribution in [0.4, 0.5) is 5.69 Å². The summed E-state index contributed by atoms with van der Waals surface area (Å²) in [4.78, 5) is 6.40. The lowest BCUT2D eigenvalue weighted by molar-refractivity contribution is 0.425. The Bertz CT molecular complexity index is 584. The summed E-state index contributed by atoms with van der Waals surface area (Å²) in [5.74, 6) is 0. The minimum atomic E-state index is 0.445. The molecule has 0 bridgehead atoms. The molecule has 92 valence electrons. The van der Waals surface area contributed by atoms with Gasteiger partial charge in [-0.25, -0.2) is 4.98 Å². The van der Waals surface area contributed by atoms with Crippen molar-refractivity contribution in [1.82, 2.24) is 9.88 Å². The Morgan fingerprint density at radius 2 is 2.11 bits per heavy atom. The van der Waals surface area contributed by atoms with Gasteiger partial charge in [0.05, 0.1) is 5.52 Å². The molecule has 0 unspecified atom stereocenters. The highest BCUT2D eigenvalue weighted by molar-refractivity contribution is 5.91. The Morgan fingerprint density at radius 1 is 1.33 bits per heavy atom. The van der Waals surface area contributed by atoms with Crippen LogP contribution in [-0.2, 0) is 0 Å². The van der Waals surface area contributed by atoms with Gasteiger partial charge < -0.3 is 10.2 Å². The second-order valence-electron chi connectivity index (χ2n) is 4.41. The molecule has 0 aliphatic heterocycles. The number of hydrogen-bond acceptors (Lipinski definition) is 4. The van der Waals surface area contributed by atoms with Crippen molar-refractivity contribution >= 4 is 16.6 Å². The molecule has 0 amide bonds. The third kappa shape index (κ3) is 2.76. The quantitative estimate of drug-likeness (QED) is 0.889. The van der Waals surface area contributed by atoms with E-state index < -0.39 is 0 Å². The maximum absolute atomic E-state index is 8.99. The molecule has 0 saturated heterocycles. The number of fused-ring (bicyclic) bond motifs is 1. The molecule has 2 aromatic rings. The number of anilines is 1. The Morgan fingerprint density at radius 3 is 2.83 bits per heavy atom. The summed E-state index contributed by atoms with van der Waals surface area (Å²) in [6.45, 7) is 1.78. The van der Waals surface area contributed by atoms with E-state index in [4.69, 9.17) is 5.26 Å². The van der Waals surface area contributed by atoms with Gasteiger partial charge in [-0.1, -0.05) is 18.2 Å². The van der Waals surface area contributed by atoms with Crippen LogP contribution in [0.3, 0.4) is 0 Å². The van der Waals surface area contributed by atoms with Crippen molar-refractivity contribution in [3.8, 4) is 6.07 Å². The van der Waals surface area contributed by atoms with E-state index in [2.05, 4.69) is 21.3 Å². The number of benzene rings is 1. The first-order valence-electron chi connectivity index (χ1n) is 5.89. The predicted molar refractivity (Wildman–Crippen MR) is 73.5 cm³/mol. The molecule has 0 saturated carbocycles. The summed E-state index contributed by atoms with van der Waals surface area (Å²) in [7, 11) is 4.07. The van der Waals surface area contributed by atoms with Crippen molar-refractivity contribution in [2.24, 2.45) is 0 Å². The maximum atomic E-state index is 8.99. The van der Waals surface area contributed by atoms with Gasteiger partial charge in [0.25, 0.3) is 0 Å². The number of hydrogen-bond donors (Lipinski definition) is 1. The van der Waals surface area contributed by atoms with Gasteiger partial charge in [-0.3, -0.25) is 0 Å². The minimum Gasteiger partial charge on any atom is -0.383 e. The van der Waals surface area contributed by atoms with Crippen molar-refractivity contribution in [1.29, 1.82) is 5.26 Å². The molecule has 1 N–H and O–H groups in total. The number of aromatic nitrogens is 1. The molecular weight excluding hydrogens is 224 g/mol. The van der Waals surface area contributed by atoms with Crippen molar-refractivity contribution in [3.05, 3.63) is 36.0 Å². The van der Waals surface area contributed by atoms with Gasteiger partial charge in [0.1, 0.15) is 11.8 Å². The lowest BCUT2D eigenvalue weighted by Crippen LogP contribution is -2.20. The summed E-state index contributed by atoms with van der Waals surface area (Å²) in [5, 5.41) is 13.4. The highest BCUT2D eigenvalue weighted by Crippen LogP contribution is 2.22. The summed E-state index contributed by atoms with van der Waals surface area (Å²) in [5.41, 5.74) is 2.27. The number of likely N-dealkylation sites (N-methyl/N-ethyl adjacent to an activating group) is 1. The van der Waals surface area contributed by atoms with Crippen LogP contribution in [0.15, 0.2) is 30.3 Å². The number of nitrogens with zero attached hydrogens (tertiary/aromatic N) is 3. The Balaban J connectivity index is 2.32. The second kappa shape index (κ2) is 5.48. The first kappa shape index (κ1) is 12.3. The van der Waals surface area contributed by atoms with Crippen LogP contribution in [0.2, 0.25) is 0 Å². The van der Waals surface area contributed by atoms with Crippen molar-refractivity contribution < 1.29 is 0 Å². The molecule has 4 nitrogen and oxygen atoms in total. The number of pyridine rings is 1. The third-order valence-electron chi connectivity index (χ3n) is 2.71. The Hall–Kier alpha value is -2.12. The van der Waals surface area contributed by atoms with Crippen molar-refractivity contribution in [2.45, 2.75) is 0 Å². The molecule has 0 spiro atoms. The van der Waals surface area contributed by atoms with Crippen LogP contribution >= 0.6 is 0 Å². The van der Waals surface area contributed by atoms with Gasteiger partial charge in [-0.05, 0) is 26.2 Å². The van der Waals surface area contributed by atoms with E-state index in [1.54, 1.807) is 6.07 Å². The zero-order valence-corrected chi connectivity index (χ0v) is 10.6. The lowest BCUT2D eigenvalue weighted by atomic mass is 10.1. The van der Waals surface area contributed by atoms with Gasteiger partial charge in [0, 0.05) is 24.2 Å². The van der Waals surface area contributed by atoms with Crippen LogP contribution < -0.4 is 5.32 Å². The Labute approximate surface area is 107 Å². The summed E-state index contributed by atoms with van der Waals surface area (Å²) in [6.07, 6.45) is 0. The molecule has 4 heteroatoms. The van der Waals surface area contributed by atoms with Gasteiger partial charge in [0.15, 0.2) is 0 Å². The predicted octanol–water partition coefficient (Wildman–Crippen LogP) is 2.08. The van der Waals surface area contributed by atoms with E-state index in [-0.39, 0.29) is 0 Å². The van der Waals surface area contributed by atoms with Crippen LogP contribution in [0.25, 0.3) is 10.9 Å². The molecule has 18 heavy (non-hydrogen) atoms. The molecule has 0 atom stereocenters. The maximum Gasteiger partial charge on any atom is 0.143 e. The van der Waals surface area contributed by atoms with E-state index in [0.29, 0.717) is 5.69 Å². The van der Waals surface area contributed by atoms with E-state index in [1.807, 2.05) is 38.4 Å². The monoisotopic (exact) mass is 240 g/mol. The zero-order chi connectivity index (χ0) is 13.0. The molecule has 0 radical (unpaired) electrons. The normalized spacial score (nSPS) is 10.6. The topological polar surface area (TPSA) is 52.0 Å². The van der Waals surface area contributed by atoms with Gasteiger partial charge in [0.2, 0.25) is 0 Å². The van der Waals surface area contributed by atoms with Crippen molar-refractivity contribution in [2.75, 3.05) is 32.5 Å². The van der Waals surface area contributed by atoms with E-state index >= 15 is 0 Å². The van der Waals surface area contributed by atoms with Gasteiger partial charge in [-0.15, -0.1) is 0 Å². The highest BCUT2D eigenvalue weighted by Gasteiger charge is 2.04. The fourth-order valence-corrected chi connectivity index (χ4v) is 1.79. The van der Waals surface area contributed by atoms with E-state index in [0.717, 1.165) is 29.7 Å². The molecule has 1 aromatic heterocycles. The smallest absolute Gasteiger partial charge is 0.143 e. The zero-order valence-electron chi connectivity index (χ0n) is 10.6. The number of nitriles is 1. The molecular formula is C14H16N4. The highest BCUT2D eigenvalue weighted by atomic mass is 15.1. The standard InChI is InChI=1S/C14H16N4/c1-18(2)8-7-16-14-9-11(10-15)17-13-6-4-3-5-12(13)14/h3-6,9H,7-8H2,1-2H3,(H,16,17). The first-order valence-corrected chi connectivity index (χ1v) is 5.89. The second-order valence-corrected chi connectivity index (χ2v) is 4.41. The van der Waals surface area contributed by atoms with Crippen LogP contribution in [0, 0.1) is 11.3 Å². The average Bonchev–Trinajstić information content (AvgIpc) is 2.38. The summed E-state index contributed by atoms with van der Waals surface area (Å²) in [6, 6.07) is 11.7. The van der Waals surface area contributed by atoms with Gasteiger partial charge in [-0.2, -0.15) is 5.26 Å². The SMILES string of the molecule is CN(C)CCNc1cc(C#N)nc2ccccc12. The first-order chi connectivity index (χ1) is 8.70. The molecule has 1 aromatic carbocycles. The van der Waals surface area contributed by atoms with Gasteiger partial charge >= 0.3 is 0 Å². The third-order valence-corrected chi connectivity index (χ3v) is 2.71. The number of rotatable bonds is 4. The van der Waals surface area contributed by atoms with E-state index in [1.165, 1.54) is 0 Å². The molecule has 2 rings (SSSR count). The Kier molecular flexibility index (Phi) is 3.75. The van der Waals surface area contributed by atoms with Crippen LogP contribution in [0.5, 0.6) is 0 Å². The largest absolute Gasteiger partial charge is 0.383 e. The lowest BCUT2D eigenvalue weighted by Gasteiger charge is -2.13. The number of para-hydroxylation sites is 1. The average molecular weight is 240 g/mol. The molecule has 0 fully saturated rings. The number of nitrogens with one attached hydrogen (secondary N) is 1. The molecule has 0 aliphatic carbocycles.